The van der Waals surface area contributed by atoms with E-state index in [0.29, 0.717) is 5.92 Å². The molecule has 6 nitrogen and oxygen atoms in total. The highest BCUT2D eigenvalue weighted by atomic mass is 14.9. The van der Waals surface area contributed by atoms with Crippen LogP contribution in [0.15, 0.2) is 61.1 Å². The molecule has 0 bridgehead atoms. The molecule has 0 saturated carbocycles. The van der Waals surface area contributed by atoms with Crippen LogP contribution in [0.5, 0.6) is 0 Å². The second-order valence-electron chi connectivity index (χ2n) is 10.9. The Morgan fingerprint density at radius 2 is 1.67 bits per heavy atom. The van der Waals surface area contributed by atoms with Gasteiger partial charge in [-0.1, -0.05) is 57.2 Å². The lowest BCUT2D eigenvalue weighted by Crippen LogP contribution is -2.04. The fourth-order valence-corrected chi connectivity index (χ4v) is 6.26. The molecule has 8 rings (SSSR count). The predicted octanol–water partition coefficient (Wildman–Crippen LogP) is 7.65. The molecule has 0 saturated heterocycles. The molecule has 0 atom stereocenters. The molecule has 2 N–H and O–H groups in total. The maximum Gasteiger partial charge on any atom is 0.116 e. The number of imidazole rings is 2. The molecule has 0 aliphatic heterocycles. The van der Waals surface area contributed by atoms with Crippen LogP contribution >= 0.6 is 0 Å². The maximum absolute atomic E-state index is 4.97. The highest BCUT2D eigenvalue weighted by Gasteiger charge is 2.22. The normalized spacial score (nSPS) is 13.1. The summed E-state index contributed by atoms with van der Waals surface area (Å²) < 4.78 is 0. The van der Waals surface area contributed by atoms with Crippen LogP contribution in [0.2, 0.25) is 0 Å². The van der Waals surface area contributed by atoms with Crippen LogP contribution in [0, 0.1) is 0 Å². The number of hydrogen-bond donors (Lipinski definition) is 2. The van der Waals surface area contributed by atoms with Gasteiger partial charge in [0.15, 0.2) is 0 Å². The van der Waals surface area contributed by atoms with Gasteiger partial charge >= 0.3 is 0 Å². The highest BCUT2D eigenvalue weighted by molar-refractivity contribution is 6.22. The number of nitrogens with zero attached hydrogens (tertiary/aromatic N) is 4. The zero-order valence-corrected chi connectivity index (χ0v) is 22.3. The Hall–Kier alpha value is -4.58. The lowest BCUT2D eigenvalue weighted by Gasteiger charge is -2.18. The van der Waals surface area contributed by atoms with E-state index in [1.54, 1.807) is 6.33 Å². The number of aromatic amines is 2. The maximum atomic E-state index is 4.97. The van der Waals surface area contributed by atoms with Crippen molar-refractivity contribution in [2.24, 2.45) is 0 Å². The molecule has 0 fully saturated rings. The van der Waals surface area contributed by atoms with Crippen molar-refractivity contribution in [3.8, 4) is 22.4 Å². The minimum Gasteiger partial charge on any atom is -0.345 e. The van der Waals surface area contributed by atoms with Crippen molar-refractivity contribution < 1.29 is 0 Å². The van der Waals surface area contributed by atoms with E-state index in [1.807, 2.05) is 6.20 Å². The lowest BCUT2D eigenvalue weighted by molar-refractivity contribution is 0.799. The van der Waals surface area contributed by atoms with Crippen LogP contribution in [0.25, 0.3) is 65.9 Å². The lowest BCUT2D eigenvalue weighted by atomic mass is 9.87. The molecule has 0 spiro atoms. The highest BCUT2D eigenvalue weighted by Crippen LogP contribution is 2.39. The quantitative estimate of drug-likeness (QED) is 0.240. The van der Waals surface area contributed by atoms with E-state index in [0.717, 1.165) is 69.3 Å². The summed E-state index contributed by atoms with van der Waals surface area (Å²) in [4.78, 5) is 25.9. The van der Waals surface area contributed by atoms with Crippen molar-refractivity contribution >= 4 is 43.5 Å². The minimum absolute atomic E-state index is 0.306. The molecule has 4 aromatic carbocycles. The molecule has 7 aromatic rings. The van der Waals surface area contributed by atoms with Gasteiger partial charge in [0.2, 0.25) is 0 Å². The average molecular weight is 509 g/mol. The molecule has 0 amide bonds. The number of rotatable bonds is 3. The van der Waals surface area contributed by atoms with Crippen LogP contribution in [0.4, 0.5) is 0 Å². The molecule has 0 radical (unpaired) electrons. The van der Waals surface area contributed by atoms with Gasteiger partial charge in [-0.2, -0.15) is 0 Å². The van der Waals surface area contributed by atoms with Gasteiger partial charge in [0.1, 0.15) is 18.0 Å². The topological polar surface area (TPSA) is 83.1 Å². The van der Waals surface area contributed by atoms with E-state index in [1.165, 1.54) is 38.7 Å². The molecule has 1 aliphatic rings. The molecule has 3 heterocycles. The molecular weight excluding hydrogens is 480 g/mol. The average Bonchev–Trinajstić information content (AvgIpc) is 3.62. The number of nitrogens with one attached hydrogen (secondary N) is 2. The van der Waals surface area contributed by atoms with Crippen molar-refractivity contribution in [1.82, 2.24) is 29.9 Å². The van der Waals surface area contributed by atoms with E-state index < -0.39 is 0 Å². The van der Waals surface area contributed by atoms with Gasteiger partial charge < -0.3 is 9.97 Å². The first kappa shape index (κ1) is 22.4. The first-order valence-electron chi connectivity index (χ1n) is 13.8. The van der Waals surface area contributed by atoms with Crippen molar-refractivity contribution in [3.05, 3.63) is 84.0 Å². The fraction of sp³-hybridized carbons (Fsp3) is 0.212. The number of hydrogen-bond acceptors (Lipinski definition) is 4. The summed E-state index contributed by atoms with van der Waals surface area (Å²) in [6.45, 7) is 6.46. The number of aryl methyl sites for hydroxylation is 3. The van der Waals surface area contributed by atoms with Gasteiger partial charge in [0.25, 0.3) is 0 Å². The van der Waals surface area contributed by atoms with Crippen molar-refractivity contribution in [2.45, 2.75) is 46.0 Å². The summed E-state index contributed by atoms with van der Waals surface area (Å²) in [7, 11) is 0. The van der Waals surface area contributed by atoms with E-state index >= 15 is 0 Å². The molecule has 190 valence electrons. The molecule has 1 aliphatic carbocycles. The van der Waals surface area contributed by atoms with Crippen molar-refractivity contribution in [3.63, 3.8) is 0 Å². The molecule has 0 unspecified atom stereocenters. The fourth-order valence-electron chi connectivity index (χ4n) is 6.26. The smallest absolute Gasteiger partial charge is 0.116 e. The van der Waals surface area contributed by atoms with Gasteiger partial charge in [-0.3, -0.25) is 0 Å². The summed E-state index contributed by atoms with van der Waals surface area (Å²) >= 11 is 0. The third-order valence-electron chi connectivity index (χ3n) is 8.29. The van der Waals surface area contributed by atoms with E-state index in [9.17, 15) is 0 Å². The third-order valence-corrected chi connectivity index (χ3v) is 8.29. The van der Waals surface area contributed by atoms with Gasteiger partial charge in [0.05, 0.1) is 22.2 Å². The van der Waals surface area contributed by atoms with Crippen molar-refractivity contribution in [2.75, 3.05) is 0 Å². The third kappa shape index (κ3) is 3.27. The number of fused-ring (bicyclic) bond motifs is 11. The number of benzene rings is 4. The van der Waals surface area contributed by atoms with Gasteiger partial charge in [-0.25, -0.2) is 19.9 Å². The zero-order chi connectivity index (χ0) is 26.2. The second kappa shape index (κ2) is 8.21. The van der Waals surface area contributed by atoms with Gasteiger partial charge in [0, 0.05) is 40.6 Å². The molecule has 39 heavy (non-hydrogen) atoms. The Morgan fingerprint density at radius 3 is 2.51 bits per heavy atom. The standard InChI is InChI=1S/C33H28N6/c1-4-28-36-27-12-11-22-21-8-5-18(13-20(21)7-10-23(22)29(27)37-28)19-6-9-24-25(14-19)26-15-34-16-35-30(26)32-31(24)38-33(39-32)17(2)3/h5-10,13-17H,4,11-12H2,1-3H3,(H,36,37)(H,38,39). The van der Waals surface area contributed by atoms with Gasteiger partial charge in [-0.05, 0) is 57.8 Å². The SMILES string of the molecule is CCc1nc2c([nH]1)CCc1c-2ccc2cc(-c3ccc4c(c3)c3cncnc3c3[nH]c(C(C)C)nc43)ccc12. The van der Waals surface area contributed by atoms with E-state index in [4.69, 9.17) is 9.97 Å². The first-order chi connectivity index (χ1) is 19.1. The molecule has 3 aromatic heterocycles. The Morgan fingerprint density at radius 1 is 0.821 bits per heavy atom. The van der Waals surface area contributed by atoms with E-state index in [2.05, 4.69) is 89.2 Å². The monoisotopic (exact) mass is 508 g/mol. The Labute approximate surface area is 225 Å². The Bertz CT molecular complexity index is 2100. The molecular formula is C33H28N6. The van der Waals surface area contributed by atoms with E-state index in [-0.39, 0.29) is 0 Å². The number of H-pyrrole nitrogens is 2. The largest absolute Gasteiger partial charge is 0.345 e. The first-order valence-corrected chi connectivity index (χ1v) is 13.8. The summed E-state index contributed by atoms with van der Waals surface area (Å²) in [6.07, 6.45) is 6.51. The van der Waals surface area contributed by atoms with Crippen LogP contribution in [0.3, 0.4) is 0 Å². The summed E-state index contributed by atoms with van der Waals surface area (Å²) in [5.41, 5.74) is 10.3. The summed E-state index contributed by atoms with van der Waals surface area (Å²) in [5.74, 6) is 2.36. The summed E-state index contributed by atoms with van der Waals surface area (Å²) in [6, 6.07) is 18.0. The molecule has 6 heteroatoms. The Kier molecular flexibility index (Phi) is 4.72. The number of aromatic nitrogens is 6. The Balaban J connectivity index is 1.29. The van der Waals surface area contributed by atoms with Crippen LogP contribution in [-0.2, 0) is 19.3 Å². The van der Waals surface area contributed by atoms with Gasteiger partial charge in [-0.15, -0.1) is 0 Å². The summed E-state index contributed by atoms with van der Waals surface area (Å²) in [5, 5.41) is 5.87. The predicted molar refractivity (Wildman–Crippen MR) is 158 cm³/mol. The van der Waals surface area contributed by atoms with Crippen LogP contribution in [0.1, 0.15) is 49.6 Å². The minimum atomic E-state index is 0.306. The second-order valence-corrected chi connectivity index (χ2v) is 10.9. The zero-order valence-electron chi connectivity index (χ0n) is 22.3. The van der Waals surface area contributed by atoms with Crippen LogP contribution < -0.4 is 0 Å². The van der Waals surface area contributed by atoms with Crippen molar-refractivity contribution in [1.29, 1.82) is 0 Å². The van der Waals surface area contributed by atoms with Crippen LogP contribution in [-0.4, -0.2) is 29.9 Å².